The van der Waals surface area contributed by atoms with Crippen molar-refractivity contribution in [2.24, 2.45) is 5.92 Å². The molecule has 2 N–H and O–H groups in total. The van der Waals surface area contributed by atoms with E-state index >= 15 is 0 Å². The lowest BCUT2D eigenvalue weighted by atomic mass is 9.92. The number of H-pyrrole nitrogens is 1. The predicted molar refractivity (Wildman–Crippen MR) is 79.2 cm³/mol. The van der Waals surface area contributed by atoms with Crippen LogP contribution in [-0.2, 0) is 4.79 Å². The minimum Gasteiger partial charge on any atom is -0.481 e. The molecule has 1 aliphatic heterocycles. The van der Waals surface area contributed by atoms with E-state index in [2.05, 4.69) is 4.98 Å². The Balaban J connectivity index is 1.93. The van der Waals surface area contributed by atoms with Crippen molar-refractivity contribution in [2.75, 3.05) is 6.54 Å². The van der Waals surface area contributed by atoms with Gasteiger partial charge in [0.25, 0.3) is 5.91 Å². The van der Waals surface area contributed by atoms with Crippen molar-refractivity contribution in [3.63, 3.8) is 0 Å². The standard InChI is InChI=1S/C16H18N2O3/c1-10-5-6-12(16(20)21)9-18(10)15(19)13-4-2-3-11-7-8-17-14(11)13/h2-4,7-8,10,12,17H,5-6,9H2,1H3,(H,20,21). The summed E-state index contributed by atoms with van der Waals surface area (Å²) in [5.74, 6) is -1.38. The van der Waals surface area contributed by atoms with Gasteiger partial charge in [0.15, 0.2) is 0 Å². The molecule has 3 rings (SSSR count). The fraction of sp³-hybridized carbons (Fsp3) is 0.375. The summed E-state index contributed by atoms with van der Waals surface area (Å²) >= 11 is 0. The fourth-order valence-electron chi connectivity index (χ4n) is 3.01. The van der Waals surface area contributed by atoms with Crippen LogP contribution in [0.25, 0.3) is 10.9 Å². The number of hydrogen-bond acceptors (Lipinski definition) is 2. The van der Waals surface area contributed by atoms with Crippen molar-refractivity contribution in [3.8, 4) is 0 Å². The molecule has 110 valence electrons. The minimum absolute atomic E-state index is 0.0679. The molecule has 0 bridgehead atoms. The number of piperidine rings is 1. The number of carbonyl (C=O) groups is 2. The molecule has 5 heteroatoms. The summed E-state index contributed by atoms with van der Waals surface area (Å²) in [5.41, 5.74) is 1.42. The maximum Gasteiger partial charge on any atom is 0.308 e. The Labute approximate surface area is 122 Å². The molecule has 0 aliphatic carbocycles. The number of rotatable bonds is 2. The number of carboxylic acid groups (broad SMARTS) is 1. The summed E-state index contributed by atoms with van der Waals surface area (Å²) in [6.45, 7) is 2.26. The van der Waals surface area contributed by atoms with Crippen LogP contribution in [0.1, 0.15) is 30.1 Å². The van der Waals surface area contributed by atoms with E-state index in [9.17, 15) is 14.7 Å². The molecule has 1 aromatic carbocycles. The number of nitrogens with one attached hydrogen (secondary N) is 1. The summed E-state index contributed by atoms with van der Waals surface area (Å²) in [6, 6.07) is 7.58. The first-order valence-corrected chi connectivity index (χ1v) is 7.18. The quantitative estimate of drug-likeness (QED) is 0.890. The normalized spacial score (nSPS) is 22.4. The molecule has 2 atom stereocenters. The van der Waals surface area contributed by atoms with Crippen LogP contribution in [-0.4, -0.2) is 39.5 Å². The van der Waals surface area contributed by atoms with Crippen molar-refractivity contribution >= 4 is 22.8 Å². The van der Waals surface area contributed by atoms with Gasteiger partial charge >= 0.3 is 5.97 Å². The summed E-state index contributed by atoms with van der Waals surface area (Å²) in [4.78, 5) is 28.8. The molecule has 1 aliphatic rings. The van der Waals surface area contributed by atoms with Gasteiger partial charge in [-0.2, -0.15) is 0 Å². The van der Waals surface area contributed by atoms with Crippen LogP contribution in [0, 0.1) is 5.92 Å². The van der Waals surface area contributed by atoms with Crippen molar-refractivity contribution in [1.29, 1.82) is 0 Å². The number of hydrogen-bond donors (Lipinski definition) is 2. The number of fused-ring (bicyclic) bond motifs is 1. The third-order valence-electron chi connectivity index (χ3n) is 4.31. The molecule has 2 unspecified atom stereocenters. The Morgan fingerprint density at radius 3 is 2.86 bits per heavy atom. The van der Waals surface area contributed by atoms with Crippen LogP contribution in [0.2, 0.25) is 0 Å². The number of likely N-dealkylation sites (tertiary alicyclic amines) is 1. The van der Waals surface area contributed by atoms with E-state index < -0.39 is 11.9 Å². The summed E-state index contributed by atoms with van der Waals surface area (Å²) in [7, 11) is 0. The molecule has 0 radical (unpaired) electrons. The van der Waals surface area contributed by atoms with Gasteiger partial charge < -0.3 is 15.0 Å². The SMILES string of the molecule is CC1CCC(C(=O)O)CN1C(=O)c1cccc2cc[nH]c12. The lowest BCUT2D eigenvalue weighted by molar-refractivity contribution is -0.143. The highest BCUT2D eigenvalue weighted by atomic mass is 16.4. The second-order valence-corrected chi connectivity index (χ2v) is 5.67. The average Bonchev–Trinajstić information content (AvgIpc) is 2.95. The van der Waals surface area contributed by atoms with Crippen LogP contribution in [0.5, 0.6) is 0 Å². The Hall–Kier alpha value is -2.30. The van der Waals surface area contributed by atoms with Crippen LogP contribution in [0.3, 0.4) is 0 Å². The number of aromatic amines is 1. The van der Waals surface area contributed by atoms with Gasteiger partial charge in [0.1, 0.15) is 0 Å². The number of aliphatic carboxylic acids is 1. The Kier molecular flexibility index (Phi) is 3.41. The molecular formula is C16H18N2O3. The number of aromatic nitrogens is 1. The van der Waals surface area contributed by atoms with Gasteiger partial charge in [-0.3, -0.25) is 9.59 Å². The zero-order chi connectivity index (χ0) is 15.0. The second kappa shape index (κ2) is 5.24. The molecule has 1 saturated heterocycles. The lowest BCUT2D eigenvalue weighted by Gasteiger charge is -2.36. The van der Waals surface area contributed by atoms with E-state index in [-0.39, 0.29) is 18.5 Å². The van der Waals surface area contributed by atoms with Crippen molar-refractivity contribution in [1.82, 2.24) is 9.88 Å². The van der Waals surface area contributed by atoms with E-state index in [0.29, 0.717) is 12.0 Å². The monoisotopic (exact) mass is 286 g/mol. The highest BCUT2D eigenvalue weighted by Crippen LogP contribution is 2.26. The van der Waals surface area contributed by atoms with Crippen LogP contribution in [0.4, 0.5) is 0 Å². The topological polar surface area (TPSA) is 73.4 Å². The Morgan fingerprint density at radius 1 is 1.29 bits per heavy atom. The van der Waals surface area contributed by atoms with Crippen LogP contribution in [0.15, 0.2) is 30.5 Å². The largest absolute Gasteiger partial charge is 0.481 e. The number of benzene rings is 1. The van der Waals surface area contributed by atoms with Gasteiger partial charge in [-0.05, 0) is 31.9 Å². The average molecular weight is 286 g/mol. The maximum absolute atomic E-state index is 12.8. The zero-order valence-electron chi connectivity index (χ0n) is 11.9. The van der Waals surface area contributed by atoms with E-state index in [0.717, 1.165) is 17.3 Å². The number of carboxylic acids is 1. The van der Waals surface area contributed by atoms with Gasteiger partial charge in [-0.25, -0.2) is 0 Å². The molecule has 5 nitrogen and oxygen atoms in total. The van der Waals surface area contributed by atoms with E-state index in [1.54, 1.807) is 17.2 Å². The first kappa shape index (κ1) is 13.7. The van der Waals surface area contributed by atoms with Crippen molar-refractivity contribution in [3.05, 3.63) is 36.0 Å². The second-order valence-electron chi connectivity index (χ2n) is 5.67. The number of carbonyl (C=O) groups excluding carboxylic acids is 1. The summed E-state index contributed by atoms with van der Waals surface area (Å²) < 4.78 is 0. The summed E-state index contributed by atoms with van der Waals surface area (Å²) in [6.07, 6.45) is 3.16. The highest BCUT2D eigenvalue weighted by molar-refractivity contribution is 6.05. The smallest absolute Gasteiger partial charge is 0.308 e. The first-order chi connectivity index (χ1) is 10.1. The lowest BCUT2D eigenvalue weighted by Crippen LogP contribution is -2.47. The predicted octanol–water partition coefficient (Wildman–Crippen LogP) is 2.49. The molecule has 2 heterocycles. The van der Waals surface area contributed by atoms with Gasteiger partial charge in [0.2, 0.25) is 0 Å². The zero-order valence-corrected chi connectivity index (χ0v) is 11.9. The molecule has 2 aromatic rings. The number of amides is 1. The van der Waals surface area contributed by atoms with Crippen molar-refractivity contribution in [2.45, 2.75) is 25.8 Å². The van der Waals surface area contributed by atoms with Gasteiger partial charge in [0.05, 0.1) is 17.0 Å². The van der Waals surface area contributed by atoms with Crippen LogP contribution < -0.4 is 0 Å². The Bertz CT molecular complexity index is 692. The first-order valence-electron chi connectivity index (χ1n) is 7.18. The van der Waals surface area contributed by atoms with E-state index in [1.165, 1.54) is 0 Å². The molecule has 0 saturated carbocycles. The number of para-hydroxylation sites is 1. The third-order valence-corrected chi connectivity index (χ3v) is 4.31. The van der Waals surface area contributed by atoms with Crippen molar-refractivity contribution < 1.29 is 14.7 Å². The molecular weight excluding hydrogens is 268 g/mol. The van der Waals surface area contributed by atoms with E-state index in [4.69, 9.17) is 0 Å². The minimum atomic E-state index is -0.821. The molecule has 21 heavy (non-hydrogen) atoms. The van der Waals surface area contributed by atoms with Gasteiger partial charge in [-0.1, -0.05) is 12.1 Å². The number of nitrogens with zero attached hydrogens (tertiary/aromatic N) is 1. The maximum atomic E-state index is 12.8. The van der Waals surface area contributed by atoms with E-state index in [1.807, 2.05) is 25.1 Å². The third kappa shape index (κ3) is 2.39. The van der Waals surface area contributed by atoms with Gasteiger partial charge in [-0.15, -0.1) is 0 Å². The van der Waals surface area contributed by atoms with Gasteiger partial charge in [0, 0.05) is 24.2 Å². The molecule has 1 fully saturated rings. The molecule has 1 amide bonds. The Morgan fingerprint density at radius 2 is 2.10 bits per heavy atom. The summed E-state index contributed by atoms with van der Waals surface area (Å²) in [5, 5.41) is 10.2. The fourth-order valence-corrected chi connectivity index (χ4v) is 3.01. The van der Waals surface area contributed by atoms with Crippen LogP contribution >= 0.6 is 0 Å². The molecule has 0 spiro atoms. The highest BCUT2D eigenvalue weighted by Gasteiger charge is 2.33. The molecule has 1 aromatic heterocycles.